The highest BCUT2D eigenvalue weighted by atomic mass is 32.2. The minimum Gasteiger partial charge on any atom is -0.368 e. The number of hydrogen-bond donors (Lipinski definition) is 1. The summed E-state index contributed by atoms with van der Waals surface area (Å²) in [5.74, 6) is -3.08. The number of thioether (sulfide) groups is 1. The van der Waals surface area contributed by atoms with Crippen molar-refractivity contribution in [3.63, 3.8) is 0 Å². The monoisotopic (exact) mass is 321 g/mol. The molecule has 0 radical (unpaired) electrons. The second-order valence-corrected chi connectivity index (χ2v) is 4.96. The van der Waals surface area contributed by atoms with E-state index in [0.29, 0.717) is 22.2 Å². The topological polar surface area (TPSA) is 51.8 Å². The number of nitrogen functional groups attached to an aromatic ring is 1. The Bertz CT molecular complexity index is 628. The third-order valence-corrected chi connectivity index (χ3v) is 3.13. The molecule has 0 bridgehead atoms. The van der Waals surface area contributed by atoms with Gasteiger partial charge in [-0.15, -0.1) is 0 Å². The van der Waals surface area contributed by atoms with Crippen LogP contribution in [0.3, 0.4) is 0 Å². The van der Waals surface area contributed by atoms with Gasteiger partial charge in [0.05, 0.1) is 5.69 Å². The Morgan fingerprint density at radius 1 is 1.05 bits per heavy atom. The summed E-state index contributed by atoms with van der Waals surface area (Å²) in [4.78, 5) is 7.14. The van der Waals surface area contributed by atoms with Crippen LogP contribution < -0.4 is 5.73 Å². The number of nitrogens with two attached hydrogens (primary N) is 1. The molecule has 2 aromatic rings. The number of rotatable bonds is 3. The predicted molar refractivity (Wildman–Crippen MR) is 68.7 cm³/mol. The molecule has 112 valence electrons. The number of benzene rings is 1. The minimum atomic E-state index is -4.64. The number of hydrogen-bond acceptors (Lipinski definition) is 4. The summed E-state index contributed by atoms with van der Waals surface area (Å²) >= 11 is 0.342. The molecule has 0 aliphatic carbocycles. The van der Waals surface area contributed by atoms with Gasteiger partial charge in [0.25, 0.3) is 5.76 Å². The Balaban J connectivity index is 2.35. The molecule has 0 saturated carbocycles. The quantitative estimate of drug-likeness (QED) is 0.684. The third kappa shape index (κ3) is 4.03. The maximum Gasteiger partial charge on any atom is 0.433 e. The second-order valence-electron chi connectivity index (χ2n) is 3.90. The summed E-state index contributed by atoms with van der Waals surface area (Å²) in [6, 6.07) is 6.29. The lowest BCUT2D eigenvalue weighted by atomic mass is 10.1. The Kier molecular flexibility index (Phi) is 4.31. The molecular weight excluding hydrogens is 313 g/mol. The molecule has 3 nitrogen and oxygen atoms in total. The molecule has 0 spiro atoms. The first kappa shape index (κ1) is 15.5. The fourth-order valence-electron chi connectivity index (χ4n) is 1.57. The largest absolute Gasteiger partial charge is 0.433 e. The van der Waals surface area contributed by atoms with E-state index < -0.39 is 23.6 Å². The highest BCUT2D eigenvalue weighted by Crippen LogP contribution is 2.32. The Morgan fingerprint density at radius 3 is 2.19 bits per heavy atom. The average molecular weight is 321 g/mol. The molecule has 1 heterocycles. The first-order valence-electron chi connectivity index (χ1n) is 5.53. The van der Waals surface area contributed by atoms with Crippen molar-refractivity contribution in [2.75, 3.05) is 5.73 Å². The molecule has 0 saturated heterocycles. The van der Waals surface area contributed by atoms with Gasteiger partial charge in [-0.3, -0.25) is 0 Å². The van der Waals surface area contributed by atoms with Gasteiger partial charge in [-0.05, 0) is 18.2 Å². The van der Waals surface area contributed by atoms with Crippen LogP contribution >= 0.6 is 11.8 Å². The second kappa shape index (κ2) is 5.84. The van der Waals surface area contributed by atoms with Gasteiger partial charge < -0.3 is 5.73 Å². The molecule has 21 heavy (non-hydrogen) atoms. The lowest BCUT2D eigenvalue weighted by Gasteiger charge is -2.09. The van der Waals surface area contributed by atoms with Gasteiger partial charge in [-0.25, -0.2) is 9.97 Å². The number of alkyl halides is 5. The fourth-order valence-corrected chi connectivity index (χ4v) is 2.07. The molecule has 9 heteroatoms. The van der Waals surface area contributed by atoms with Crippen molar-refractivity contribution in [2.24, 2.45) is 0 Å². The van der Waals surface area contributed by atoms with Crippen molar-refractivity contribution < 1.29 is 22.0 Å². The molecule has 0 fully saturated rings. The van der Waals surface area contributed by atoms with E-state index in [1.54, 1.807) is 0 Å². The SMILES string of the molecule is Nc1nc(-c2ccc(SC(F)F)cc2)cc(C(F)(F)F)n1. The summed E-state index contributed by atoms with van der Waals surface area (Å²) in [6.45, 7) is 0. The standard InChI is InChI=1S/C12H8F5N3S/c13-10(14)21-7-3-1-6(2-4-7)8-5-9(12(15,16)17)20-11(18)19-8/h1-5,10H,(H2,18,19,20). The maximum atomic E-state index is 12.6. The number of aromatic nitrogens is 2. The van der Waals surface area contributed by atoms with Crippen LogP contribution in [-0.4, -0.2) is 15.7 Å². The van der Waals surface area contributed by atoms with E-state index in [9.17, 15) is 22.0 Å². The highest BCUT2D eigenvalue weighted by Gasteiger charge is 2.33. The lowest BCUT2D eigenvalue weighted by molar-refractivity contribution is -0.141. The van der Waals surface area contributed by atoms with Gasteiger partial charge in [0.15, 0.2) is 5.69 Å². The zero-order chi connectivity index (χ0) is 15.6. The number of halogens is 5. The van der Waals surface area contributed by atoms with Gasteiger partial charge >= 0.3 is 6.18 Å². The van der Waals surface area contributed by atoms with Crippen molar-refractivity contribution in [1.82, 2.24) is 9.97 Å². The summed E-state index contributed by atoms with van der Waals surface area (Å²) in [6.07, 6.45) is -4.64. The molecule has 2 N–H and O–H groups in total. The predicted octanol–water partition coefficient (Wildman–Crippen LogP) is 4.06. The van der Waals surface area contributed by atoms with Crippen molar-refractivity contribution in [3.05, 3.63) is 36.0 Å². The van der Waals surface area contributed by atoms with E-state index in [1.807, 2.05) is 0 Å². The van der Waals surface area contributed by atoms with Crippen LogP contribution in [0, 0.1) is 0 Å². The molecule has 0 aliphatic rings. The van der Waals surface area contributed by atoms with Crippen LogP contribution in [0.15, 0.2) is 35.2 Å². The smallest absolute Gasteiger partial charge is 0.368 e. The Hall–Kier alpha value is -1.90. The number of anilines is 1. The van der Waals surface area contributed by atoms with Gasteiger partial charge in [-0.2, -0.15) is 22.0 Å². The molecule has 1 aromatic carbocycles. The Labute approximate surface area is 120 Å². The molecule has 2 rings (SSSR count). The Morgan fingerprint density at radius 2 is 1.67 bits per heavy atom. The molecule has 0 amide bonds. The van der Waals surface area contributed by atoms with Crippen molar-refractivity contribution in [2.45, 2.75) is 16.8 Å². The third-order valence-electron chi connectivity index (χ3n) is 2.41. The summed E-state index contributed by atoms with van der Waals surface area (Å²) in [5, 5.41) is 0. The lowest BCUT2D eigenvalue weighted by Crippen LogP contribution is -2.11. The normalized spacial score (nSPS) is 11.9. The van der Waals surface area contributed by atoms with E-state index >= 15 is 0 Å². The summed E-state index contributed by atoms with van der Waals surface area (Å²) < 4.78 is 62.3. The van der Waals surface area contributed by atoms with Crippen LogP contribution in [-0.2, 0) is 6.18 Å². The molecular formula is C12H8F5N3S. The first-order chi connectivity index (χ1) is 9.75. The zero-order valence-electron chi connectivity index (χ0n) is 10.2. The summed E-state index contributed by atoms with van der Waals surface area (Å²) in [5.41, 5.74) is 4.41. The number of nitrogens with zero attached hydrogens (tertiary/aromatic N) is 2. The van der Waals surface area contributed by atoms with Gasteiger partial charge in [0, 0.05) is 10.5 Å². The summed E-state index contributed by atoms with van der Waals surface area (Å²) in [7, 11) is 0. The van der Waals surface area contributed by atoms with Crippen LogP contribution in [0.2, 0.25) is 0 Å². The van der Waals surface area contributed by atoms with Crippen LogP contribution in [0.5, 0.6) is 0 Å². The van der Waals surface area contributed by atoms with Gasteiger partial charge in [0.1, 0.15) is 0 Å². The van der Waals surface area contributed by atoms with E-state index in [2.05, 4.69) is 9.97 Å². The van der Waals surface area contributed by atoms with Crippen molar-refractivity contribution in [1.29, 1.82) is 0 Å². The van der Waals surface area contributed by atoms with Gasteiger partial charge in [0.2, 0.25) is 5.95 Å². The fraction of sp³-hybridized carbons (Fsp3) is 0.167. The average Bonchev–Trinajstić information content (AvgIpc) is 2.37. The minimum absolute atomic E-state index is 0.0246. The van der Waals surface area contributed by atoms with Crippen LogP contribution in [0.25, 0.3) is 11.3 Å². The van der Waals surface area contributed by atoms with Crippen LogP contribution in [0.4, 0.5) is 27.9 Å². The first-order valence-corrected chi connectivity index (χ1v) is 6.40. The van der Waals surface area contributed by atoms with Crippen LogP contribution in [0.1, 0.15) is 5.69 Å². The van der Waals surface area contributed by atoms with E-state index in [1.165, 1.54) is 24.3 Å². The van der Waals surface area contributed by atoms with E-state index in [-0.39, 0.29) is 5.69 Å². The molecule has 1 aromatic heterocycles. The van der Waals surface area contributed by atoms with E-state index in [4.69, 9.17) is 5.73 Å². The van der Waals surface area contributed by atoms with Gasteiger partial charge in [-0.1, -0.05) is 23.9 Å². The van der Waals surface area contributed by atoms with Crippen molar-refractivity contribution >= 4 is 17.7 Å². The zero-order valence-corrected chi connectivity index (χ0v) is 11.1. The van der Waals surface area contributed by atoms with E-state index in [0.717, 1.165) is 6.07 Å². The molecule has 0 atom stereocenters. The van der Waals surface area contributed by atoms with Crippen molar-refractivity contribution in [3.8, 4) is 11.3 Å². The molecule has 0 unspecified atom stereocenters. The highest BCUT2D eigenvalue weighted by molar-refractivity contribution is 7.99. The maximum absolute atomic E-state index is 12.6. The molecule has 0 aliphatic heterocycles.